The largest absolute Gasteiger partial charge is 0.478 e. The van der Waals surface area contributed by atoms with Crippen LogP contribution in [0.5, 0.6) is 0 Å². The molecule has 0 spiro atoms. The maximum atomic E-state index is 10.3. The predicted octanol–water partition coefficient (Wildman–Crippen LogP) is 0.967. The number of nitrogen functional groups attached to an aromatic ring is 1. The molecule has 0 aliphatic rings. The molecule has 0 fully saturated rings. The van der Waals surface area contributed by atoms with Gasteiger partial charge < -0.3 is 10.8 Å². The van der Waals surface area contributed by atoms with Crippen LogP contribution in [0.25, 0.3) is 0 Å². The molecule has 1 aromatic rings. The normalized spacial score (nSPS) is 9.20. The number of carboxylic acids is 1. The van der Waals surface area contributed by atoms with Gasteiger partial charge in [-0.05, 0) is 18.2 Å². The van der Waals surface area contributed by atoms with Gasteiger partial charge in [-0.3, -0.25) is 0 Å². The van der Waals surface area contributed by atoms with Crippen LogP contribution in [0.4, 0.5) is 5.69 Å². The Balaban J connectivity index is 3.07. The monoisotopic (exact) mass is 143 g/mol. The Bertz CT molecular complexity index is 258. The number of carboxylic acid groups (broad SMARTS) is 1. The van der Waals surface area contributed by atoms with Gasteiger partial charge >= 0.3 is 5.97 Å². The number of hydrogen-bond donors (Lipinski definition) is 2. The van der Waals surface area contributed by atoms with Gasteiger partial charge in [-0.25, -0.2) is 4.79 Å². The fourth-order valence-corrected chi connectivity index (χ4v) is 0.672. The second-order valence-electron chi connectivity index (χ2n) is 1.93. The van der Waals surface area contributed by atoms with E-state index < -0.39 is 5.97 Å². The average molecular weight is 143 g/mol. The summed E-state index contributed by atoms with van der Waals surface area (Å²) in [5, 5.41) is 8.45. The van der Waals surface area contributed by atoms with E-state index in [0.717, 1.165) is 0 Å². The zero-order valence-electron chi connectivity index (χ0n) is 5.24. The lowest BCUT2D eigenvalue weighted by Gasteiger charge is -1.93. The van der Waals surface area contributed by atoms with Crippen LogP contribution in [0.1, 0.15) is 10.4 Å². The Morgan fingerprint density at radius 1 is 1.50 bits per heavy atom. The molecule has 3 N–H and O–H groups in total. The highest BCUT2D eigenvalue weighted by Gasteiger charge is 1.99. The molecule has 0 amide bonds. The Labute approximate surface area is 58.1 Å². The molecule has 0 radical (unpaired) electrons. The van der Waals surface area contributed by atoms with Crippen molar-refractivity contribution in [1.82, 2.24) is 0 Å². The third-order valence-corrected chi connectivity index (χ3v) is 1.13. The van der Waals surface area contributed by atoms with Crippen molar-refractivity contribution < 1.29 is 9.90 Å². The third kappa shape index (κ3) is 1.25. The van der Waals surface area contributed by atoms with Crippen molar-refractivity contribution in [2.45, 2.75) is 0 Å². The lowest BCUT2D eigenvalue weighted by atomic mass is 10.9. The second-order valence-corrected chi connectivity index (χ2v) is 1.93. The van der Waals surface area contributed by atoms with Crippen LogP contribution < -0.4 is 5.73 Å². The molecule has 0 saturated heterocycles. The van der Waals surface area contributed by atoms with Crippen molar-refractivity contribution in [3.05, 3.63) is 29.8 Å². The molecular formula is C7H7NO2. The predicted molar refractivity (Wildman–Crippen MR) is 37.8 cm³/mol. The van der Waals surface area contributed by atoms with E-state index in [0.29, 0.717) is 5.69 Å². The molecular weight excluding hydrogens is 136 g/mol. The summed E-state index contributed by atoms with van der Waals surface area (Å²) in [6.45, 7) is 0. The Morgan fingerprint density at radius 3 is 2.60 bits per heavy atom. The summed E-state index contributed by atoms with van der Waals surface area (Å²) in [5.41, 5.74) is 6.03. The second kappa shape index (κ2) is 2.39. The molecule has 0 saturated carbocycles. The van der Waals surface area contributed by atoms with Crippen molar-refractivity contribution in [3.8, 4) is 0 Å². The minimum absolute atomic E-state index is 0.222. The maximum Gasteiger partial charge on any atom is 0.335 e. The van der Waals surface area contributed by atoms with E-state index in [1.54, 1.807) is 12.1 Å². The molecule has 1 aromatic carbocycles. The van der Waals surface area contributed by atoms with Crippen LogP contribution in [0.3, 0.4) is 0 Å². The quantitative estimate of drug-likeness (QED) is 0.575. The van der Waals surface area contributed by atoms with Gasteiger partial charge in [0.25, 0.3) is 0 Å². The molecule has 3 nitrogen and oxygen atoms in total. The summed E-state index contributed by atoms with van der Waals surface area (Å²) in [5.74, 6) is -0.952. The van der Waals surface area contributed by atoms with Gasteiger partial charge in [0.15, 0.2) is 0 Å². The van der Waals surface area contributed by atoms with E-state index in [9.17, 15) is 4.79 Å². The molecule has 0 aliphatic heterocycles. The Hall–Kier alpha value is -1.51. The Morgan fingerprint density at radius 2 is 2.20 bits per heavy atom. The van der Waals surface area contributed by atoms with Crippen LogP contribution in [0.2, 0.25) is 0 Å². The van der Waals surface area contributed by atoms with Gasteiger partial charge in [-0.2, -0.15) is 0 Å². The van der Waals surface area contributed by atoms with Crippen molar-refractivity contribution >= 4 is 11.7 Å². The molecule has 0 aromatic heterocycles. The van der Waals surface area contributed by atoms with Crippen LogP contribution in [0.15, 0.2) is 24.3 Å². The number of rotatable bonds is 1. The SMILES string of the molecule is N[13c]1[13cH][13cH][13cH][13c](C(=O)O)[13cH]1. The first-order chi connectivity index (χ1) is 4.70. The smallest absolute Gasteiger partial charge is 0.335 e. The molecule has 1 rings (SSSR count). The number of anilines is 1. The number of carbonyl (C=O) groups is 1. The van der Waals surface area contributed by atoms with Gasteiger partial charge in [0.1, 0.15) is 0 Å². The highest BCUT2D eigenvalue weighted by atomic mass is 16.4. The molecule has 3 heteroatoms. The number of hydrogen-bond acceptors (Lipinski definition) is 2. The summed E-state index contributed by atoms with van der Waals surface area (Å²) in [7, 11) is 0. The summed E-state index contributed by atoms with van der Waals surface area (Å²) in [6.07, 6.45) is 0. The van der Waals surface area contributed by atoms with E-state index in [1.807, 2.05) is 0 Å². The Kier molecular flexibility index (Phi) is 1.58. The number of benzene rings is 1. The van der Waals surface area contributed by atoms with Crippen LogP contribution >= 0.6 is 0 Å². The zero-order valence-corrected chi connectivity index (χ0v) is 5.24. The third-order valence-electron chi connectivity index (χ3n) is 1.13. The minimum atomic E-state index is -0.952. The van der Waals surface area contributed by atoms with E-state index in [4.69, 9.17) is 10.8 Å². The molecule has 0 unspecified atom stereocenters. The van der Waals surface area contributed by atoms with E-state index >= 15 is 0 Å². The lowest BCUT2D eigenvalue weighted by molar-refractivity contribution is 0.0697. The van der Waals surface area contributed by atoms with Crippen LogP contribution in [-0.2, 0) is 0 Å². The van der Waals surface area contributed by atoms with Crippen molar-refractivity contribution in [3.63, 3.8) is 0 Å². The molecule has 0 heterocycles. The van der Waals surface area contributed by atoms with Gasteiger partial charge in [0.2, 0.25) is 0 Å². The fraction of sp³-hybridized carbons (Fsp3) is 0. The van der Waals surface area contributed by atoms with Gasteiger partial charge in [0.05, 0.1) is 5.56 Å². The maximum absolute atomic E-state index is 10.3. The zero-order chi connectivity index (χ0) is 7.56. The number of aromatic carboxylic acids is 1. The van der Waals surface area contributed by atoms with Gasteiger partial charge in [-0.15, -0.1) is 0 Å². The molecule has 52 valence electrons. The summed E-state index contributed by atoms with van der Waals surface area (Å²) < 4.78 is 0. The first-order valence-electron chi connectivity index (χ1n) is 2.79. The fourth-order valence-electron chi connectivity index (χ4n) is 0.672. The van der Waals surface area contributed by atoms with Gasteiger partial charge in [-0.1, -0.05) is 6.07 Å². The molecule has 0 aliphatic carbocycles. The van der Waals surface area contributed by atoms with E-state index in [-0.39, 0.29) is 5.56 Å². The summed E-state index contributed by atoms with van der Waals surface area (Å²) >= 11 is 0. The van der Waals surface area contributed by atoms with Crippen LogP contribution in [-0.4, -0.2) is 11.1 Å². The van der Waals surface area contributed by atoms with Gasteiger partial charge in [0, 0.05) is 5.69 Å². The van der Waals surface area contributed by atoms with E-state index in [1.165, 1.54) is 12.1 Å². The molecule has 0 bridgehead atoms. The average Bonchev–Trinajstić information content (AvgIpc) is 1.88. The highest BCUT2D eigenvalue weighted by Crippen LogP contribution is 2.05. The van der Waals surface area contributed by atoms with E-state index in [2.05, 4.69) is 0 Å². The molecule has 10 heavy (non-hydrogen) atoms. The standard InChI is InChI=1S/C7H7NO2/c8-6-3-1-2-5(4-6)7(9)10/h1-4H,8H2,(H,9,10)/i1+1,2+1,3+1,4+1,5+1,6+1. The lowest BCUT2D eigenvalue weighted by Crippen LogP contribution is -1.96. The topological polar surface area (TPSA) is 63.3 Å². The van der Waals surface area contributed by atoms with Crippen molar-refractivity contribution in [2.75, 3.05) is 5.73 Å². The number of nitrogens with two attached hydrogens (primary N) is 1. The first kappa shape index (κ1) is 6.61. The first-order valence-corrected chi connectivity index (χ1v) is 2.79. The highest BCUT2D eigenvalue weighted by molar-refractivity contribution is 5.88. The van der Waals surface area contributed by atoms with Crippen LogP contribution in [0, 0.1) is 0 Å². The molecule has 0 atom stereocenters. The van der Waals surface area contributed by atoms with Crippen molar-refractivity contribution in [1.29, 1.82) is 0 Å². The summed E-state index contributed by atoms with van der Waals surface area (Å²) in [6, 6.07) is 6.17. The van der Waals surface area contributed by atoms with Crippen molar-refractivity contribution in [2.24, 2.45) is 0 Å². The summed E-state index contributed by atoms with van der Waals surface area (Å²) in [4.78, 5) is 10.3. The minimum Gasteiger partial charge on any atom is -0.478 e.